The lowest BCUT2D eigenvalue weighted by Gasteiger charge is -1.85. The molecule has 6 nitrogen and oxygen atoms in total. The molecule has 0 saturated heterocycles. The number of para-hydroxylation sites is 1. The highest BCUT2D eigenvalue weighted by Gasteiger charge is 2.11. The molecule has 0 aliphatic heterocycles. The van der Waals surface area contributed by atoms with E-state index in [0.717, 1.165) is 5.76 Å². The van der Waals surface area contributed by atoms with Crippen molar-refractivity contribution in [3.63, 3.8) is 0 Å². The second-order valence-corrected chi connectivity index (χ2v) is 3.51. The van der Waals surface area contributed by atoms with Crippen molar-refractivity contribution in [1.29, 1.82) is 0 Å². The van der Waals surface area contributed by atoms with Crippen molar-refractivity contribution in [1.82, 2.24) is 10.3 Å². The number of aryl methyl sites for hydroxylation is 1. The van der Waals surface area contributed by atoms with Crippen LogP contribution >= 0.6 is 0 Å². The Bertz CT molecular complexity index is 643. The van der Waals surface area contributed by atoms with E-state index in [-0.39, 0.29) is 5.69 Å². The third-order valence-corrected chi connectivity index (χ3v) is 2.18. The monoisotopic (exact) mass is 245 g/mol. The summed E-state index contributed by atoms with van der Waals surface area (Å²) in [6, 6.07) is 8.88. The van der Waals surface area contributed by atoms with Crippen LogP contribution in [0.25, 0.3) is 11.0 Å². The molecule has 0 aliphatic rings. The van der Waals surface area contributed by atoms with Gasteiger partial charge in [-0.3, -0.25) is 4.79 Å². The molecule has 3 rings (SSSR count). The van der Waals surface area contributed by atoms with E-state index >= 15 is 0 Å². The van der Waals surface area contributed by atoms with Crippen molar-refractivity contribution < 1.29 is 13.8 Å². The minimum Gasteiger partial charge on any atom is -0.364 e. The normalized spacial score (nSPS) is 9.83. The first kappa shape index (κ1) is 11.8. The maximum atomic E-state index is 10.8. The molecule has 18 heavy (non-hydrogen) atoms. The molecule has 6 heteroatoms. The van der Waals surface area contributed by atoms with Crippen LogP contribution in [-0.2, 0) is 0 Å². The van der Waals surface area contributed by atoms with Gasteiger partial charge in [0.05, 0.1) is 11.6 Å². The number of carbonyl (C=O) groups is 1. The first-order valence-electron chi connectivity index (χ1n) is 5.20. The Balaban J connectivity index is 0.000000169. The molecule has 0 bridgehead atoms. The average molecular weight is 245 g/mol. The fraction of sp³-hybridized carbons (Fsp3) is 0.0833. The van der Waals surface area contributed by atoms with Gasteiger partial charge in [0.25, 0.3) is 5.91 Å². The molecule has 92 valence electrons. The third-order valence-electron chi connectivity index (χ3n) is 2.18. The predicted molar refractivity (Wildman–Crippen MR) is 63.8 cm³/mol. The molecule has 3 aromatic rings. The highest BCUT2D eigenvalue weighted by molar-refractivity contribution is 6.03. The van der Waals surface area contributed by atoms with Crippen molar-refractivity contribution >= 4 is 16.9 Å². The maximum absolute atomic E-state index is 10.8. The molecular formula is C12H11N3O3. The second-order valence-electron chi connectivity index (χ2n) is 3.51. The standard InChI is InChI=1S/C8H6N2O2.C4H5NO/c9-8(11)7-5-3-1-2-4-6(5)12-10-7;1-4-2-3-5-6-4/h1-4H,(H2,9,11);2-3H,1H3. The van der Waals surface area contributed by atoms with Gasteiger partial charge in [-0.25, -0.2) is 0 Å². The lowest BCUT2D eigenvalue weighted by molar-refractivity contribution is 0.0993. The molecule has 2 N–H and O–H groups in total. The highest BCUT2D eigenvalue weighted by Crippen LogP contribution is 2.16. The topological polar surface area (TPSA) is 95.2 Å². The molecular weight excluding hydrogens is 234 g/mol. The van der Waals surface area contributed by atoms with Crippen LogP contribution in [0.5, 0.6) is 0 Å². The van der Waals surface area contributed by atoms with Gasteiger partial charge in [0, 0.05) is 6.07 Å². The highest BCUT2D eigenvalue weighted by atomic mass is 16.5. The number of amides is 1. The summed E-state index contributed by atoms with van der Waals surface area (Å²) in [4.78, 5) is 10.8. The summed E-state index contributed by atoms with van der Waals surface area (Å²) in [6.07, 6.45) is 1.62. The quantitative estimate of drug-likeness (QED) is 0.706. The Morgan fingerprint density at radius 2 is 2.00 bits per heavy atom. The fourth-order valence-electron chi connectivity index (χ4n) is 1.34. The number of fused-ring (bicyclic) bond motifs is 1. The van der Waals surface area contributed by atoms with Gasteiger partial charge in [0.15, 0.2) is 11.3 Å². The number of carbonyl (C=O) groups excluding carboxylic acids is 1. The van der Waals surface area contributed by atoms with Crippen LogP contribution in [0, 0.1) is 6.92 Å². The number of nitrogens with two attached hydrogens (primary N) is 1. The number of primary amides is 1. The largest absolute Gasteiger partial charge is 0.364 e. The summed E-state index contributed by atoms with van der Waals surface area (Å²) in [7, 11) is 0. The summed E-state index contributed by atoms with van der Waals surface area (Å²) in [5, 5.41) is 7.65. The van der Waals surface area contributed by atoms with Gasteiger partial charge in [-0.05, 0) is 19.1 Å². The van der Waals surface area contributed by atoms with Crippen LogP contribution in [-0.4, -0.2) is 16.2 Å². The van der Waals surface area contributed by atoms with Crippen LogP contribution in [0.2, 0.25) is 0 Å². The van der Waals surface area contributed by atoms with Crippen LogP contribution in [0.3, 0.4) is 0 Å². The minimum atomic E-state index is -0.569. The van der Waals surface area contributed by atoms with E-state index in [2.05, 4.69) is 14.8 Å². The Hall–Kier alpha value is -2.63. The molecule has 2 heterocycles. The minimum absolute atomic E-state index is 0.186. The second kappa shape index (κ2) is 5.13. The zero-order valence-electron chi connectivity index (χ0n) is 9.66. The van der Waals surface area contributed by atoms with E-state index in [0.29, 0.717) is 11.0 Å². The van der Waals surface area contributed by atoms with E-state index in [1.165, 1.54) is 0 Å². The summed E-state index contributed by atoms with van der Waals surface area (Å²) in [6.45, 7) is 1.85. The van der Waals surface area contributed by atoms with E-state index < -0.39 is 5.91 Å². The van der Waals surface area contributed by atoms with Crippen LogP contribution in [0.15, 0.2) is 45.6 Å². The molecule has 0 aliphatic carbocycles. The van der Waals surface area contributed by atoms with Gasteiger partial charge < -0.3 is 14.8 Å². The molecule has 2 aromatic heterocycles. The zero-order chi connectivity index (χ0) is 13.0. The fourth-order valence-corrected chi connectivity index (χ4v) is 1.34. The lowest BCUT2D eigenvalue weighted by Crippen LogP contribution is -2.11. The average Bonchev–Trinajstić information content (AvgIpc) is 2.98. The van der Waals surface area contributed by atoms with E-state index in [1.54, 1.807) is 36.5 Å². The van der Waals surface area contributed by atoms with E-state index in [9.17, 15) is 4.79 Å². The summed E-state index contributed by atoms with van der Waals surface area (Å²) in [5.41, 5.74) is 5.82. The number of rotatable bonds is 1. The number of hydrogen-bond acceptors (Lipinski definition) is 5. The Morgan fingerprint density at radius 1 is 1.22 bits per heavy atom. The van der Waals surface area contributed by atoms with Gasteiger partial charge in [-0.1, -0.05) is 22.4 Å². The van der Waals surface area contributed by atoms with Gasteiger partial charge in [0.2, 0.25) is 0 Å². The van der Waals surface area contributed by atoms with Crippen molar-refractivity contribution in [2.45, 2.75) is 6.92 Å². The smallest absolute Gasteiger partial charge is 0.271 e. The Labute approximate surface area is 102 Å². The Kier molecular flexibility index (Phi) is 3.38. The van der Waals surface area contributed by atoms with Crippen molar-refractivity contribution in [3.05, 3.63) is 48.0 Å². The summed E-state index contributed by atoms with van der Waals surface area (Å²) >= 11 is 0. The van der Waals surface area contributed by atoms with Gasteiger partial charge in [0.1, 0.15) is 5.76 Å². The number of aromatic nitrogens is 2. The van der Waals surface area contributed by atoms with Gasteiger partial charge in [-0.15, -0.1) is 0 Å². The molecule has 0 unspecified atom stereocenters. The van der Waals surface area contributed by atoms with E-state index in [1.807, 2.05) is 6.92 Å². The van der Waals surface area contributed by atoms with Gasteiger partial charge >= 0.3 is 0 Å². The van der Waals surface area contributed by atoms with Crippen molar-refractivity contribution in [2.75, 3.05) is 0 Å². The van der Waals surface area contributed by atoms with Crippen LogP contribution in [0.1, 0.15) is 16.2 Å². The Morgan fingerprint density at radius 3 is 2.56 bits per heavy atom. The maximum Gasteiger partial charge on any atom is 0.271 e. The molecule has 1 amide bonds. The van der Waals surface area contributed by atoms with E-state index in [4.69, 9.17) is 10.3 Å². The number of benzene rings is 1. The molecule has 0 radical (unpaired) electrons. The summed E-state index contributed by atoms with van der Waals surface area (Å²) in [5.74, 6) is 0.287. The van der Waals surface area contributed by atoms with Crippen molar-refractivity contribution in [2.24, 2.45) is 5.73 Å². The zero-order valence-corrected chi connectivity index (χ0v) is 9.66. The lowest BCUT2D eigenvalue weighted by atomic mass is 10.2. The molecule has 0 fully saturated rings. The van der Waals surface area contributed by atoms with Crippen molar-refractivity contribution in [3.8, 4) is 0 Å². The molecule has 1 aromatic carbocycles. The predicted octanol–water partition coefficient (Wildman–Crippen LogP) is 1.91. The van der Waals surface area contributed by atoms with Crippen LogP contribution in [0.4, 0.5) is 0 Å². The molecule has 0 saturated carbocycles. The van der Waals surface area contributed by atoms with Crippen LogP contribution < -0.4 is 5.73 Å². The first-order valence-corrected chi connectivity index (χ1v) is 5.20. The SMILES string of the molecule is Cc1ccno1.NC(=O)c1noc2ccccc12. The van der Waals surface area contributed by atoms with Gasteiger partial charge in [-0.2, -0.15) is 0 Å². The molecule has 0 spiro atoms. The summed E-state index contributed by atoms with van der Waals surface area (Å²) < 4.78 is 9.44. The molecule has 0 atom stereocenters. The third kappa shape index (κ3) is 2.54. The first-order chi connectivity index (χ1) is 8.68. The number of hydrogen-bond donors (Lipinski definition) is 1. The number of nitrogens with zero attached hydrogens (tertiary/aromatic N) is 2.